The lowest BCUT2D eigenvalue weighted by Crippen LogP contribution is -2.25. The molecule has 15 heteroatoms. The quantitative estimate of drug-likeness (QED) is 0.286. The van der Waals surface area contributed by atoms with Crippen LogP contribution in [-0.2, 0) is 15.6 Å². The predicted octanol–water partition coefficient (Wildman–Crippen LogP) is 6.54. The van der Waals surface area contributed by atoms with Crippen LogP contribution in [0.3, 0.4) is 0 Å². The molecule has 0 fully saturated rings. The van der Waals surface area contributed by atoms with E-state index in [0.29, 0.717) is 21.8 Å². The molecule has 0 aliphatic rings. The molecule has 0 saturated heterocycles. The Hall–Kier alpha value is -2.03. The summed E-state index contributed by atoms with van der Waals surface area (Å²) < 4.78 is 99.5. The third-order valence-corrected chi connectivity index (χ3v) is 6.94. The Morgan fingerprint density at radius 2 is 1.81 bits per heavy atom. The van der Waals surface area contributed by atoms with E-state index in [-0.39, 0.29) is 16.4 Å². The topological polar surface area (TPSA) is 72.0 Å². The van der Waals surface area contributed by atoms with E-state index in [1.807, 2.05) is 0 Å². The fraction of sp³-hybridized carbons (Fsp3) is 0.176. The van der Waals surface area contributed by atoms with Crippen LogP contribution in [0.1, 0.15) is 5.69 Å². The normalized spacial score (nSPS) is 12.7. The molecular formula is C17H10ClF6N3O2S3. The molecule has 0 aliphatic heterocycles. The first-order valence-electron chi connectivity index (χ1n) is 8.26. The molecule has 3 rings (SSSR count). The maximum Gasteiger partial charge on any atom is 0.497 e. The van der Waals surface area contributed by atoms with E-state index in [9.17, 15) is 34.8 Å². The number of hydrogen-bond donors (Lipinski definition) is 1. The summed E-state index contributed by atoms with van der Waals surface area (Å²) in [5.41, 5.74) is -8.89. The molecule has 0 radical (unpaired) electrons. The van der Waals surface area contributed by atoms with Gasteiger partial charge < -0.3 is 4.72 Å². The first-order chi connectivity index (χ1) is 14.7. The van der Waals surface area contributed by atoms with Gasteiger partial charge in [-0.05, 0) is 30.3 Å². The van der Waals surface area contributed by atoms with Crippen LogP contribution >= 0.6 is 34.9 Å². The van der Waals surface area contributed by atoms with E-state index >= 15 is 0 Å². The minimum absolute atomic E-state index is 0.126. The largest absolute Gasteiger partial charge is 0.497 e. The number of nitrogens with zero attached hydrogens (tertiary/aromatic N) is 2. The number of benzene rings is 1. The lowest BCUT2D eigenvalue weighted by molar-refractivity contribution is -0.0438. The molecule has 0 spiro atoms. The van der Waals surface area contributed by atoms with Crippen molar-refractivity contribution in [2.24, 2.45) is 0 Å². The molecule has 1 aromatic carbocycles. The van der Waals surface area contributed by atoms with Gasteiger partial charge in [-0.3, -0.25) is 4.98 Å². The minimum Gasteiger partial charge on any atom is -0.323 e. The molecular weight excluding hydrogens is 524 g/mol. The average molecular weight is 534 g/mol. The summed E-state index contributed by atoms with van der Waals surface area (Å²) in [5.74, 6) is -1.31. The van der Waals surface area contributed by atoms with Gasteiger partial charge in [-0.25, -0.2) is 13.4 Å². The van der Waals surface area contributed by atoms with Crippen LogP contribution in [0.25, 0.3) is 21.8 Å². The maximum atomic E-state index is 12.6. The summed E-state index contributed by atoms with van der Waals surface area (Å²) in [7, 11) is -5.39. The zero-order chi connectivity index (χ0) is 23.7. The second kappa shape index (κ2) is 9.08. The van der Waals surface area contributed by atoms with Crippen molar-refractivity contribution in [1.82, 2.24) is 9.97 Å². The Kier molecular flexibility index (Phi) is 6.98. The zero-order valence-electron chi connectivity index (χ0n) is 15.3. The van der Waals surface area contributed by atoms with Gasteiger partial charge in [0, 0.05) is 28.4 Å². The lowest BCUT2D eigenvalue weighted by atomic mass is 10.1. The Morgan fingerprint density at radius 1 is 1.09 bits per heavy atom. The molecule has 32 heavy (non-hydrogen) atoms. The molecule has 0 aliphatic carbocycles. The molecule has 0 atom stereocenters. The van der Waals surface area contributed by atoms with E-state index < -0.39 is 38.6 Å². The van der Waals surface area contributed by atoms with Gasteiger partial charge >= 0.3 is 11.0 Å². The Balaban J connectivity index is 1.82. The van der Waals surface area contributed by atoms with Crippen molar-refractivity contribution >= 4 is 50.4 Å². The molecule has 0 saturated carbocycles. The van der Waals surface area contributed by atoms with Crippen molar-refractivity contribution in [1.29, 1.82) is 0 Å². The van der Waals surface area contributed by atoms with Crippen molar-refractivity contribution < 1.29 is 34.8 Å². The average Bonchev–Trinajstić information content (AvgIpc) is 3.15. The zero-order valence-corrected chi connectivity index (χ0v) is 18.5. The van der Waals surface area contributed by atoms with Gasteiger partial charge in [0.05, 0.1) is 28.4 Å². The Morgan fingerprint density at radius 3 is 2.44 bits per heavy atom. The van der Waals surface area contributed by atoms with Crippen LogP contribution in [0.4, 0.5) is 32.0 Å². The standard InChI is InChI=1S/C17H10ClF6N3O2S3/c18-13-6-10(27-31-16(19,20)21)1-2-12(13)14-7-30-15(26-14)9-3-4-25-11(5-9)8-32(28,29)17(22,23)24/h1-7,27H,8H2. The smallest absolute Gasteiger partial charge is 0.323 e. The fourth-order valence-corrected chi connectivity index (χ4v) is 4.57. The summed E-state index contributed by atoms with van der Waals surface area (Å²) in [6, 6.07) is 6.78. The third-order valence-electron chi connectivity index (χ3n) is 3.79. The van der Waals surface area contributed by atoms with Gasteiger partial charge in [0.25, 0.3) is 9.84 Å². The number of sulfone groups is 1. The number of alkyl halides is 6. The number of thiazole rings is 1. The SMILES string of the molecule is O=S(=O)(Cc1cc(-c2nc(-c3ccc(NSC(F)(F)F)cc3Cl)cs2)ccn1)C(F)(F)F. The molecule has 0 unspecified atom stereocenters. The van der Waals surface area contributed by atoms with Crippen LogP contribution in [0.15, 0.2) is 41.9 Å². The number of anilines is 1. The maximum absolute atomic E-state index is 12.6. The van der Waals surface area contributed by atoms with Crippen LogP contribution in [-0.4, -0.2) is 29.4 Å². The highest BCUT2D eigenvalue weighted by Crippen LogP contribution is 2.36. The molecule has 0 bridgehead atoms. The van der Waals surface area contributed by atoms with Gasteiger partial charge in [0.15, 0.2) is 0 Å². The van der Waals surface area contributed by atoms with Crippen LogP contribution in [0.5, 0.6) is 0 Å². The van der Waals surface area contributed by atoms with Gasteiger partial charge in [-0.2, -0.15) is 26.3 Å². The van der Waals surface area contributed by atoms with E-state index in [1.54, 1.807) is 5.38 Å². The predicted molar refractivity (Wildman–Crippen MR) is 112 cm³/mol. The van der Waals surface area contributed by atoms with Gasteiger partial charge in [-0.15, -0.1) is 11.3 Å². The summed E-state index contributed by atoms with van der Waals surface area (Å²) in [6.07, 6.45) is 1.17. The number of hydrogen-bond acceptors (Lipinski definition) is 7. The molecule has 0 amide bonds. The van der Waals surface area contributed by atoms with Crippen molar-refractivity contribution in [3.8, 4) is 21.8 Å². The first-order valence-corrected chi connectivity index (χ1v) is 12.0. The lowest BCUT2D eigenvalue weighted by Gasteiger charge is -2.09. The summed E-state index contributed by atoms with van der Waals surface area (Å²) in [5, 5.41) is 2.08. The van der Waals surface area contributed by atoms with Crippen molar-refractivity contribution in [2.45, 2.75) is 16.8 Å². The highest BCUT2D eigenvalue weighted by Gasteiger charge is 2.45. The first kappa shape index (κ1) is 24.6. The molecule has 2 heterocycles. The number of pyridine rings is 1. The number of nitrogens with one attached hydrogen (secondary N) is 1. The van der Waals surface area contributed by atoms with E-state index in [4.69, 9.17) is 11.6 Å². The van der Waals surface area contributed by atoms with Crippen molar-refractivity contribution in [3.63, 3.8) is 0 Å². The number of halogens is 7. The molecule has 2 aromatic heterocycles. The van der Waals surface area contributed by atoms with E-state index in [2.05, 4.69) is 14.7 Å². The summed E-state index contributed by atoms with van der Waals surface area (Å²) >= 11 is 6.84. The molecule has 5 nitrogen and oxygen atoms in total. The second-order valence-electron chi connectivity index (χ2n) is 6.12. The minimum atomic E-state index is -5.39. The van der Waals surface area contributed by atoms with Gasteiger partial charge in [-0.1, -0.05) is 11.6 Å². The molecule has 3 aromatic rings. The number of rotatable bonds is 6. The monoisotopic (exact) mass is 533 g/mol. The Bertz CT molecular complexity index is 1230. The highest BCUT2D eigenvalue weighted by atomic mass is 35.5. The van der Waals surface area contributed by atoms with Gasteiger partial charge in [0.2, 0.25) is 0 Å². The van der Waals surface area contributed by atoms with E-state index in [1.165, 1.54) is 36.5 Å². The van der Waals surface area contributed by atoms with Crippen molar-refractivity contribution in [3.05, 3.63) is 52.6 Å². The van der Waals surface area contributed by atoms with Crippen molar-refractivity contribution in [2.75, 3.05) is 4.72 Å². The molecule has 172 valence electrons. The Labute approximate surface area is 190 Å². The van der Waals surface area contributed by atoms with E-state index in [0.717, 1.165) is 11.3 Å². The fourth-order valence-electron chi connectivity index (χ4n) is 2.40. The van der Waals surface area contributed by atoms with Crippen LogP contribution in [0, 0.1) is 0 Å². The highest BCUT2D eigenvalue weighted by molar-refractivity contribution is 8.01. The van der Waals surface area contributed by atoms with Crippen LogP contribution < -0.4 is 4.72 Å². The second-order valence-corrected chi connectivity index (χ2v) is 10.2. The summed E-state index contributed by atoms with van der Waals surface area (Å²) in [6.45, 7) is 0. The van der Waals surface area contributed by atoms with Crippen LogP contribution in [0.2, 0.25) is 5.02 Å². The number of aromatic nitrogens is 2. The van der Waals surface area contributed by atoms with Gasteiger partial charge in [0.1, 0.15) is 10.8 Å². The summed E-state index contributed by atoms with van der Waals surface area (Å²) in [4.78, 5) is 8.02. The molecule has 1 N–H and O–H groups in total. The third kappa shape index (κ3) is 6.05.